The van der Waals surface area contributed by atoms with Crippen molar-refractivity contribution in [2.75, 3.05) is 44.0 Å². The molecule has 0 atom stereocenters. The Hall–Kier alpha value is -12.4. The van der Waals surface area contributed by atoms with E-state index in [0.29, 0.717) is 33.6 Å². The summed E-state index contributed by atoms with van der Waals surface area (Å²) in [6.45, 7) is -1.97. The smallest absolute Gasteiger partial charge is 0.416 e. The van der Waals surface area contributed by atoms with Gasteiger partial charge < -0.3 is 53.9 Å². The SMILES string of the molecule is COc1ccc(CC(=O)Nc2ccc(C(=O)N(CC(=O)O)Cc3ccc(-c4nc(-c5ccc(OCCOc6ccc(CC(=O)Nc7ccc(C(=O)N(CC(=O)O)Cc8ccc(-c9nc(-c%10ccc(C(F)(F)F)cc%10)no9)cc8)cc7)c(C(F)(F)F)c6)cc5)no4)cc3)cc2)c(C(F)(F)F)c1. The highest BCUT2D eigenvalue weighted by Gasteiger charge is 2.36. The van der Waals surface area contributed by atoms with E-state index in [2.05, 4.69) is 30.9 Å². The Bertz CT molecular complexity index is 4590. The van der Waals surface area contributed by atoms with Gasteiger partial charge in [-0.2, -0.15) is 49.5 Å². The number of carboxylic acids is 2. The second kappa shape index (κ2) is 30.4. The number of nitrogens with one attached hydrogen (secondary N) is 2. The second-order valence-corrected chi connectivity index (χ2v) is 22.1. The number of carboxylic acid groups (broad SMARTS) is 2. The minimum Gasteiger partial charge on any atom is -0.497 e. The lowest BCUT2D eigenvalue weighted by Crippen LogP contribution is -2.35. The summed E-state index contributed by atoms with van der Waals surface area (Å²) in [6, 6.07) is 40.5. The van der Waals surface area contributed by atoms with Crippen LogP contribution >= 0.6 is 0 Å². The third kappa shape index (κ3) is 18.4. The average molecular weight is 1390 g/mol. The van der Waals surface area contributed by atoms with Crippen molar-refractivity contribution in [3.8, 4) is 62.9 Å². The van der Waals surface area contributed by atoms with E-state index in [1.165, 1.54) is 79.9 Å². The van der Waals surface area contributed by atoms with Crippen LogP contribution in [-0.4, -0.2) is 109 Å². The van der Waals surface area contributed by atoms with Crippen molar-refractivity contribution in [3.63, 3.8) is 0 Å². The Morgan fingerprint density at radius 2 is 0.820 bits per heavy atom. The van der Waals surface area contributed by atoms with Crippen molar-refractivity contribution in [2.24, 2.45) is 0 Å². The van der Waals surface area contributed by atoms with E-state index in [1.807, 2.05) is 0 Å². The molecule has 4 amide bonds. The summed E-state index contributed by atoms with van der Waals surface area (Å²) in [5.74, 6) is -4.99. The summed E-state index contributed by atoms with van der Waals surface area (Å²) in [4.78, 5) is 87.6. The Labute approximate surface area is 560 Å². The van der Waals surface area contributed by atoms with Gasteiger partial charge in [0, 0.05) is 57.8 Å². The fourth-order valence-corrected chi connectivity index (χ4v) is 10.1. The molecule has 0 aliphatic heterocycles. The first kappa shape index (κ1) is 70.4. The number of nitrogens with zero attached hydrogens (tertiary/aromatic N) is 6. The van der Waals surface area contributed by atoms with Gasteiger partial charge in [0.25, 0.3) is 23.6 Å². The average Bonchev–Trinajstić information content (AvgIpc) is 0.997. The normalized spacial score (nSPS) is 11.5. The molecule has 10 aromatic rings. The highest BCUT2D eigenvalue weighted by molar-refractivity contribution is 5.99. The minimum absolute atomic E-state index is 0.0289. The molecule has 100 heavy (non-hydrogen) atoms. The van der Waals surface area contributed by atoms with Crippen LogP contribution in [0.2, 0.25) is 0 Å². The number of carbonyl (C=O) groups is 6. The van der Waals surface area contributed by atoms with Gasteiger partial charge in [0.05, 0.1) is 36.6 Å². The molecule has 0 spiro atoms. The maximum atomic E-state index is 14.4. The number of rotatable bonds is 26. The molecule has 0 radical (unpaired) electrons. The molecule has 21 nitrogen and oxygen atoms in total. The molecule has 30 heteroatoms. The van der Waals surface area contributed by atoms with E-state index in [9.17, 15) is 78.5 Å². The molecule has 4 N–H and O–H groups in total. The van der Waals surface area contributed by atoms with Gasteiger partial charge in [-0.05, 0) is 156 Å². The third-order valence-electron chi connectivity index (χ3n) is 15.0. The Morgan fingerprint density at radius 3 is 1.21 bits per heavy atom. The van der Waals surface area contributed by atoms with Crippen LogP contribution in [-0.2, 0) is 63.6 Å². The van der Waals surface area contributed by atoms with Gasteiger partial charge in [0.1, 0.15) is 43.6 Å². The van der Waals surface area contributed by atoms with E-state index in [-0.39, 0.29) is 100 Å². The van der Waals surface area contributed by atoms with Crippen molar-refractivity contribution in [1.82, 2.24) is 30.1 Å². The predicted octanol–water partition coefficient (Wildman–Crippen LogP) is 13.5. The molecule has 2 heterocycles. The first-order chi connectivity index (χ1) is 47.6. The molecule has 2 aromatic heterocycles. The lowest BCUT2D eigenvalue weighted by Gasteiger charge is -2.21. The molecule has 0 saturated carbocycles. The third-order valence-corrected chi connectivity index (χ3v) is 15.0. The van der Waals surface area contributed by atoms with Crippen molar-refractivity contribution in [2.45, 2.75) is 44.5 Å². The maximum absolute atomic E-state index is 14.4. The number of aromatic nitrogens is 4. The predicted molar refractivity (Wildman–Crippen MR) is 338 cm³/mol. The fraction of sp³-hybridized carbons (Fsp3) is 0.171. The molecule has 8 aromatic carbocycles. The van der Waals surface area contributed by atoms with Crippen LogP contribution in [0.3, 0.4) is 0 Å². The van der Waals surface area contributed by atoms with E-state index in [1.54, 1.807) is 72.8 Å². The first-order valence-electron chi connectivity index (χ1n) is 29.8. The number of amides is 4. The molecule has 0 unspecified atom stereocenters. The molecule has 0 saturated heterocycles. The topological polar surface area (TPSA) is 279 Å². The number of hydrogen-bond acceptors (Lipinski definition) is 15. The summed E-state index contributed by atoms with van der Waals surface area (Å²) in [7, 11) is 1.22. The van der Waals surface area contributed by atoms with Gasteiger partial charge in [0.15, 0.2) is 0 Å². The highest BCUT2D eigenvalue weighted by Crippen LogP contribution is 2.38. The Morgan fingerprint density at radius 1 is 0.450 bits per heavy atom. The Kier molecular flexibility index (Phi) is 21.4. The summed E-state index contributed by atoms with van der Waals surface area (Å²) >= 11 is 0. The molecular formula is C70H53F9N8O13. The van der Waals surface area contributed by atoms with Crippen LogP contribution in [0.15, 0.2) is 191 Å². The van der Waals surface area contributed by atoms with Crippen LogP contribution < -0.4 is 24.8 Å². The zero-order valence-electron chi connectivity index (χ0n) is 51.9. The van der Waals surface area contributed by atoms with Gasteiger partial charge in [-0.3, -0.25) is 28.8 Å². The van der Waals surface area contributed by atoms with Gasteiger partial charge >= 0.3 is 30.5 Å². The highest BCUT2D eigenvalue weighted by atomic mass is 19.4. The van der Waals surface area contributed by atoms with Gasteiger partial charge in [-0.25, -0.2) is 0 Å². The monoisotopic (exact) mass is 1380 g/mol. The largest absolute Gasteiger partial charge is 0.497 e. The van der Waals surface area contributed by atoms with Crippen molar-refractivity contribution >= 4 is 46.9 Å². The van der Waals surface area contributed by atoms with Crippen molar-refractivity contribution < 1.29 is 102 Å². The number of aliphatic carboxylic acids is 2. The zero-order chi connectivity index (χ0) is 71.5. The standard InChI is InChI=1S/C70H53F9N8O13/c1-96-54-28-18-48(56(34-54)69(74,75)76)32-58(88)80-51-22-12-46(13-23-51)66(94)87(39-61(92)93)37-41-4-8-45(9-5-41)65-83-63(85-100-65)43-16-26-53(27-17-43)97-30-31-98-55-29-19-49(57(35-55)70(77,78)79)33-59(89)81-52-24-14-47(15-25-52)67(95)86(38-60(90)91)36-40-2-6-44(7-3-40)64-82-62(84-99-64)42-10-20-50(21-11-42)68(71,72)73/h2-29,34-35H,30-33,36-39H2,1H3,(H,80,88)(H,81,89)(H,90,91)(H,92,93). The summed E-state index contributed by atoms with van der Waals surface area (Å²) < 4.78 is 150. The molecule has 514 valence electrons. The number of anilines is 2. The maximum Gasteiger partial charge on any atom is 0.416 e. The van der Waals surface area contributed by atoms with E-state index in [0.717, 1.165) is 46.2 Å². The van der Waals surface area contributed by atoms with E-state index >= 15 is 0 Å². The molecule has 0 aliphatic rings. The van der Waals surface area contributed by atoms with E-state index in [4.69, 9.17) is 23.3 Å². The molecule has 0 aliphatic carbocycles. The number of ether oxygens (including phenoxy) is 3. The number of benzene rings is 8. The van der Waals surface area contributed by atoms with Crippen LogP contribution in [0.25, 0.3) is 45.7 Å². The van der Waals surface area contributed by atoms with E-state index < -0.39 is 96.7 Å². The molecule has 0 fully saturated rings. The van der Waals surface area contributed by atoms with Crippen LogP contribution in [0, 0.1) is 0 Å². The molecule has 0 bridgehead atoms. The van der Waals surface area contributed by atoms with Crippen LogP contribution in [0.5, 0.6) is 17.2 Å². The molecule has 10 rings (SSSR count). The Balaban J connectivity index is 0.670. The quantitative estimate of drug-likeness (QED) is 0.0290. The number of carbonyl (C=O) groups excluding carboxylic acids is 4. The number of hydrogen-bond donors (Lipinski definition) is 4. The summed E-state index contributed by atoms with van der Waals surface area (Å²) in [6.07, 6.45) is -15.5. The number of methoxy groups -OCH3 is 1. The summed E-state index contributed by atoms with van der Waals surface area (Å²) in [5, 5.41) is 32.2. The zero-order valence-corrected chi connectivity index (χ0v) is 51.9. The summed E-state index contributed by atoms with van der Waals surface area (Å²) in [5.41, 5.74) is -0.520. The second-order valence-electron chi connectivity index (χ2n) is 22.1. The number of halogens is 9. The number of alkyl halides is 9. The lowest BCUT2D eigenvalue weighted by atomic mass is 10.0. The lowest BCUT2D eigenvalue weighted by molar-refractivity contribution is -0.139. The van der Waals surface area contributed by atoms with Gasteiger partial charge in [0.2, 0.25) is 23.5 Å². The first-order valence-corrected chi connectivity index (χ1v) is 29.8. The van der Waals surface area contributed by atoms with Crippen LogP contribution in [0.4, 0.5) is 50.9 Å². The van der Waals surface area contributed by atoms with Gasteiger partial charge in [-0.1, -0.05) is 58.8 Å². The molecular weight excluding hydrogens is 1330 g/mol. The van der Waals surface area contributed by atoms with Crippen LogP contribution in [0.1, 0.15) is 59.7 Å². The van der Waals surface area contributed by atoms with Gasteiger partial charge in [-0.15, -0.1) is 0 Å². The van der Waals surface area contributed by atoms with Crippen molar-refractivity contribution in [3.05, 3.63) is 232 Å². The fourth-order valence-electron chi connectivity index (χ4n) is 10.1. The van der Waals surface area contributed by atoms with Crippen molar-refractivity contribution in [1.29, 1.82) is 0 Å². The minimum atomic E-state index is -4.89.